The molecule has 0 spiro atoms. The van der Waals surface area contributed by atoms with Crippen LogP contribution in [0.4, 0.5) is 4.79 Å². The van der Waals surface area contributed by atoms with Crippen LogP contribution in [0.1, 0.15) is 11.1 Å². The average molecular weight is 258 g/mol. The minimum atomic E-state index is -0.327. The van der Waals surface area contributed by atoms with E-state index in [1.54, 1.807) is 6.08 Å². The van der Waals surface area contributed by atoms with E-state index >= 15 is 0 Å². The summed E-state index contributed by atoms with van der Waals surface area (Å²) in [6.45, 7) is 2.03. The Balaban J connectivity index is 2.08. The lowest BCUT2D eigenvalue weighted by molar-refractivity contribution is -0.115. The number of thioether (sulfide) groups is 1. The third kappa shape index (κ3) is 1.82. The van der Waals surface area contributed by atoms with Crippen molar-refractivity contribution in [3.8, 4) is 0 Å². The average Bonchev–Trinajstić information content (AvgIpc) is 2.84. The molecule has 0 aliphatic carbocycles. The fourth-order valence-corrected chi connectivity index (χ4v) is 2.62. The summed E-state index contributed by atoms with van der Waals surface area (Å²) >= 11 is 0.931. The third-order valence-corrected chi connectivity index (χ3v) is 3.61. The molecule has 5 heteroatoms. The van der Waals surface area contributed by atoms with E-state index in [2.05, 4.69) is 10.3 Å². The van der Waals surface area contributed by atoms with Crippen molar-refractivity contribution in [2.75, 3.05) is 0 Å². The van der Waals surface area contributed by atoms with Crippen molar-refractivity contribution in [2.45, 2.75) is 6.92 Å². The molecule has 2 amide bonds. The summed E-state index contributed by atoms with van der Waals surface area (Å²) in [7, 11) is 0. The highest BCUT2D eigenvalue weighted by molar-refractivity contribution is 8.18. The Morgan fingerprint density at radius 2 is 2.11 bits per heavy atom. The number of H-pyrrole nitrogens is 1. The zero-order valence-electron chi connectivity index (χ0n) is 9.61. The predicted molar refractivity (Wildman–Crippen MR) is 72.1 cm³/mol. The molecule has 90 valence electrons. The summed E-state index contributed by atoms with van der Waals surface area (Å²) < 4.78 is 0. The van der Waals surface area contributed by atoms with Gasteiger partial charge in [-0.3, -0.25) is 14.9 Å². The largest absolute Gasteiger partial charge is 0.361 e. The van der Waals surface area contributed by atoms with Gasteiger partial charge in [-0.2, -0.15) is 0 Å². The Morgan fingerprint density at radius 1 is 1.28 bits per heavy atom. The number of nitrogens with one attached hydrogen (secondary N) is 2. The summed E-state index contributed by atoms with van der Waals surface area (Å²) in [4.78, 5) is 26.1. The van der Waals surface area contributed by atoms with Gasteiger partial charge in [-0.15, -0.1) is 0 Å². The van der Waals surface area contributed by atoms with Crippen LogP contribution in [0.25, 0.3) is 17.0 Å². The number of aromatic nitrogens is 1. The lowest BCUT2D eigenvalue weighted by atomic mass is 10.1. The van der Waals surface area contributed by atoms with Crippen LogP contribution in [0.2, 0.25) is 0 Å². The minimum absolute atomic E-state index is 0.318. The summed E-state index contributed by atoms with van der Waals surface area (Å²) in [5.41, 5.74) is 3.11. The lowest BCUT2D eigenvalue weighted by Gasteiger charge is -1.95. The van der Waals surface area contributed by atoms with E-state index in [-0.39, 0.29) is 11.1 Å². The molecule has 2 N–H and O–H groups in total. The van der Waals surface area contributed by atoms with E-state index in [1.165, 1.54) is 5.56 Å². The first-order valence-electron chi connectivity index (χ1n) is 5.46. The molecule has 2 aromatic rings. The molecule has 1 saturated heterocycles. The van der Waals surface area contributed by atoms with Crippen LogP contribution in [-0.2, 0) is 4.79 Å². The van der Waals surface area contributed by atoms with E-state index in [1.807, 2.05) is 31.3 Å². The Labute approximate surface area is 107 Å². The van der Waals surface area contributed by atoms with Gasteiger partial charge in [0.05, 0.1) is 4.91 Å². The predicted octanol–water partition coefficient (Wildman–Crippen LogP) is 2.80. The summed E-state index contributed by atoms with van der Waals surface area (Å²) in [6.07, 6.45) is 3.58. The Morgan fingerprint density at radius 3 is 2.83 bits per heavy atom. The standard InChI is InChI=1S/C13H10N2O2S/c1-7-2-3-9-8(6-14-10(9)4-7)5-11-12(16)15-13(17)18-11/h2-6,14H,1H3,(H,15,16,17)/b11-5-. The second kappa shape index (κ2) is 4.03. The van der Waals surface area contributed by atoms with Gasteiger partial charge in [0.2, 0.25) is 0 Å². The maximum absolute atomic E-state index is 11.5. The molecule has 18 heavy (non-hydrogen) atoms. The van der Waals surface area contributed by atoms with Crippen molar-refractivity contribution in [1.29, 1.82) is 0 Å². The van der Waals surface area contributed by atoms with Crippen LogP contribution < -0.4 is 5.32 Å². The topological polar surface area (TPSA) is 62.0 Å². The van der Waals surface area contributed by atoms with Gasteiger partial charge in [0, 0.05) is 22.7 Å². The van der Waals surface area contributed by atoms with Crippen LogP contribution in [0.15, 0.2) is 29.3 Å². The van der Waals surface area contributed by atoms with Crippen LogP contribution in [0, 0.1) is 6.92 Å². The van der Waals surface area contributed by atoms with E-state index in [0.717, 1.165) is 28.2 Å². The first kappa shape index (κ1) is 11.1. The third-order valence-electron chi connectivity index (χ3n) is 2.80. The lowest BCUT2D eigenvalue weighted by Crippen LogP contribution is -2.17. The van der Waals surface area contributed by atoms with Crippen molar-refractivity contribution in [3.63, 3.8) is 0 Å². The normalized spacial score (nSPS) is 17.7. The molecule has 1 aliphatic heterocycles. The van der Waals surface area contributed by atoms with Crippen LogP contribution in [0.5, 0.6) is 0 Å². The highest BCUT2D eigenvalue weighted by Gasteiger charge is 2.25. The summed E-state index contributed by atoms with van der Waals surface area (Å²) in [5, 5.41) is 2.97. The molecule has 0 radical (unpaired) electrons. The molecule has 2 heterocycles. The number of hydrogen-bond donors (Lipinski definition) is 2. The first-order chi connectivity index (χ1) is 8.63. The van der Waals surface area contributed by atoms with Crippen molar-refractivity contribution in [2.24, 2.45) is 0 Å². The highest BCUT2D eigenvalue weighted by Crippen LogP contribution is 2.28. The van der Waals surface area contributed by atoms with E-state index in [9.17, 15) is 9.59 Å². The number of carbonyl (C=O) groups is 2. The van der Waals surface area contributed by atoms with Gasteiger partial charge in [-0.05, 0) is 36.4 Å². The maximum Gasteiger partial charge on any atom is 0.290 e. The number of benzene rings is 1. The molecule has 0 unspecified atom stereocenters. The Bertz CT molecular complexity index is 700. The SMILES string of the molecule is Cc1ccc2c(/C=C3\SC(=O)NC3=O)c[nH]c2c1. The van der Waals surface area contributed by atoms with Gasteiger partial charge in [-0.1, -0.05) is 12.1 Å². The number of aromatic amines is 1. The number of carbonyl (C=O) groups excluding carboxylic acids is 2. The zero-order valence-corrected chi connectivity index (χ0v) is 10.4. The molecule has 1 fully saturated rings. The van der Waals surface area contributed by atoms with Gasteiger partial charge >= 0.3 is 0 Å². The molecule has 1 aromatic carbocycles. The molecule has 3 rings (SSSR count). The van der Waals surface area contributed by atoms with Crippen molar-refractivity contribution in [1.82, 2.24) is 10.3 Å². The Kier molecular flexibility index (Phi) is 2.48. The van der Waals surface area contributed by atoms with Gasteiger partial charge in [0.25, 0.3) is 11.1 Å². The number of aryl methyl sites for hydroxylation is 1. The summed E-state index contributed by atoms with van der Waals surface area (Å²) in [5.74, 6) is -0.327. The van der Waals surface area contributed by atoms with Crippen molar-refractivity contribution < 1.29 is 9.59 Å². The number of amides is 2. The summed E-state index contributed by atoms with van der Waals surface area (Å²) in [6, 6.07) is 6.07. The van der Waals surface area contributed by atoms with Gasteiger partial charge < -0.3 is 4.98 Å². The van der Waals surface area contributed by atoms with Crippen LogP contribution >= 0.6 is 11.8 Å². The number of rotatable bonds is 1. The fourth-order valence-electron chi connectivity index (χ4n) is 1.94. The quantitative estimate of drug-likeness (QED) is 0.773. The smallest absolute Gasteiger partial charge is 0.290 e. The fraction of sp³-hybridized carbons (Fsp3) is 0.0769. The molecule has 4 nitrogen and oxygen atoms in total. The minimum Gasteiger partial charge on any atom is -0.361 e. The first-order valence-corrected chi connectivity index (χ1v) is 6.28. The number of fused-ring (bicyclic) bond motifs is 1. The molecule has 1 aromatic heterocycles. The van der Waals surface area contributed by atoms with E-state index < -0.39 is 0 Å². The van der Waals surface area contributed by atoms with Crippen LogP contribution in [-0.4, -0.2) is 16.1 Å². The van der Waals surface area contributed by atoms with E-state index in [0.29, 0.717) is 4.91 Å². The van der Waals surface area contributed by atoms with Gasteiger partial charge in [0.1, 0.15) is 0 Å². The van der Waals surface area contributed by atoms with E-state index in [4.69, 9.17) is 0 Å². The van der Waals surface area contributed by atoms with Crippen molar-refractivity contribution >= 4 is 39.9 Å². The molecule has 0 saturated carbocycles. The highest BCUT2D eigenvalue weighted by atomic mass is 32.2. The van der Waals surface area contributed by atoms with Gasteiger partial charge in [-0.25, -0.2) is 0 Å². The second-order valence-corrected chi connectivity index (χ2v) is 5.16. The molecule has 0 atom stereocenters. The van der Waals surface area contributed by atoms with Crippen molar-refractivity contribution in [3.05, 3.63) is 40.4 Å². The zero-order chi connectivity index (χ0) is 12.7. The molecular formula is C13H10N2O2S. The molecular weight excluding hydrogens is 248 g/mol. The number of hydrogen-bond acceptors (Lipinski definition) is 3. The van der Waals surface area contributed by atoms with Crippen LogP contribution in [0.3, 0.4) is 0 Å². The Hall–Kier alpha value is -2.01. The van der Waals surface area contributed by atoms with Gasteiger partial charge in [0.15, 0.2) is 0 Å². The number of imide groups is 1. The molecule has 1 aliphatic rings. The monoisotopic (exact) mass is 258 g/mol. The maximum atomic E-state index is 11.5. The second-order valence-electron chi connectivity index (χ2n) is 4.15. The molecule has 0 bridgehead atoms.